The van der Waals surface area contributed by atoms with Crippen molar-refractivity contribution < 1.29 is 4.79 Å². The highest BCUT2D eigenvalue weighted by molar-refractivity contribution is 7.16. The number of anilines is 1. The van der Waals surface area contributed by atoms with Gasteiger partial charge < -0.3 is 9.88 Å². The second-order valence-corrected chi connectivity index (χ2v) is 7.66. The first-order chi connectivity index (χ1) is 12.5. The fourth-order valence-corrected chi connectivity index (χ4v) is 4.33. The molecule has 3 heterocycles. The van der Waals surface area contributed by atoms with Gasteiger partial charge in [-0.05, 0) is 43.5 Å². The molecule has 0 spiro atoms. The minimum atomic E-state index is -0.131. The summed E-state index contributed by atoms with van der Waals surface area (Å²) >= 11 is 1.44. The first-order valence-electron chi connectivity index (χ1n) is 8.58. The Morgan fingerprint density at radius 1 is 1.38 bits per heavy atom. The molecule has 1 aliphatic heterocycles. The number of fused-ring (bicyclic) bond motifs is 2. The molecule has 1 aromatic carbocycles. The van der Waals surface area contributed by atoms with Gasteiger partial charge in [-0.3, -0.25) is 14.5 Å². The maximum Gasteiger partial charge on any atom is 0.259 e. The number of amides is 1. The summed E-state index contributed by atoms with van der Waals surface area (Å²) in [6.07, 6.45) is 0.884. The van der Waals surface area contributed by atoms with Gasteiger partial charge in [-0.15, -0.1) is 11.3 Å². The maximum atomic E-state index is 12.9. The molecule has 7 heteroatoms. The van der Waals surface area contributed by atoms with E-state index in [1.807, 2.05) is 40.4 Å². The van der Waals surface area contributed by atoms with Crippen molar-refractivity contribution in [3.63, 3.8) is 0 Å². The molecule has 0 fully saturated rings. The second-order valence-electron chi connectivity index (χ2n) is 6.77. The fraction of sp³-hybridized carbons (Fsp3) is 0.316. The molecule has 1 amide bonds. The van der Waals surface area contributed by atoms with Crippen molar-refractivity contribution in [3.05, 3.63) is 57.5 Å². The Hall–Kier alpha value is -2.51. The molecule has 1 N–H and O–H groups in total. The van der Waals surface area contributed by atoms with E-state index in [2.05, 4.69) is 23.0 Å². The number of aromatic nitrogens is 2. The third-order valence-corrected chi connectivity index (χ3v) is 5.49. The fourth-order valence-electron chi connectivity index (χ4n) is 3.55. The number of likely N-dealkylation sites (N-methyl/N-ethyl adjacent to an activating group) is 1. The Labute approximate surface area is 155 Å². The number of hydrogen-bond acceptors (Lipinski definition) is 5. The van der Waals surface area contributed by atoms with Crippen LogP contribution in [0.2, 0.25) is 0 Å². The summed E-state index contributed by atoms with van der Waals surface area (Å²) in [7, 11) is 1.86. The van der Waals surface area contributed by atoms with E-state index in [1.54, 1.807) is 6.07 Å². The molecule has 3 aromatic rings. The zero-order valence-corrected chi connectivity index (χ0v) is 15.5. The Kier molecular flexibility index (Phi) is 4.34. The van der Waals surface area contributed by atoms with Crippen LogP contribution in [-0.2, 0) is 17.8 Å². The normalized spacial score (nSPS) is 16.4. The Morgan fingerprint density at radius 3 is 3.04 bits per heavy atom. The maximum absolute atomic E-state index is 12.9. The molecule has 0 bridgehead atoms. The largest absolute Gasteiger partial charge is 0.309 e. The van der Waals surface area contributed by atoms with Crippen LogP contribution in [0.5, 0.6) is 0 Å². The third-order valence-electron chi connectivity index (χ3n) is 4.68. The molecule has 1 atom stereocenters. The van der Waals surface area contributed by atoms with Crippen LogP contribution < -0.4 is 10.5 Å². The molecule has 6 nitrogen and oxygen atoms in total. The second kappa shape index (κ2) is 6.66. The van der Waals surface area contributed by atoms with E-state index in [-0.39, 0.29) is 24.1 Å². The molecular weight excluding hydrogens is 348 g/mol. The first kappa shape index (κ1) is 16.9. The standard InChI is InChI=1S/C19H20N4O2S/c1-12-9-13-5-3-4-6-15(13)23(12)17(24)11-22(2)10-16-20-18(25)14-7-8-26-19(14)21-16/h3-8,12H,9-11H2,1-2H3,(H,20,21,25). The number of nitrogens with zero attached hydrogens (tertiary/aromatic N) is 3. The zero-order valence-electron chi connectivity index (χ0n) is 14.7. The Morgan fingerprint density at radius 2 is 2.19 bits per heavy atom. The molecule has 0 radical (unpaired) electrons. The van der Waals surface area contributed by atoms with Crippen LogP contribution in [0.3, 0.4) is 0 Å². The highest BCUT2D eigenvalue weighted by Crippen LogP contribution is 2.31. The molecule has 4 rings (SSSR count). The van der Waals surface area contributed by atoms with Gasteiger partial charge >= 0.3 is 0 Å². The van der Waals surface area contributed by atoms with Crippen molar-refractivity contribution >= 4 is 33.1 Å². The lowest BCUT2D eigenvalue weighted by Crippen LogP contribution is -2.42. The van der Waals surface area contributed by atoms with Crippen LogP contribution in [-0.4, -0.2) is 40.4 Å². The third kappa shape index (κ3) is 3.04. The van der Waals surface area contributed by atoms with Gasteiger partial charge in [-0.2, -0.15) is 0 Å². The summed E-state index contributed by atoms with van der Waals surface area (Å²) in [5.41, 5.74) is 2.09. The van der Waals surface area contributed by atoms with E-state index < -0.39 is 0 Å². The van der Waals surface area contributed by atoms with Gasteiger partial charge in [0.1, 0.15) is 10.7 Å². The average molecular weight is 368 g/mol. The molecule has 0 aliphatic carbocycles. The van der Waals surface area contributed by atoms with Gasteiger partial charge in [-0.25, -0.2) is 4.98 Å². The van der Waals surface area contributed by atoms with Crippen LogP contribution in [0, 0.1) is 0 Å². The first-order valence-corrected chi connectivity index (χ1v) is 9.46. The molecule has 1 unspecified atom stereocenters. The van der Waals surface area contributed by atoms with Gasteiger partial charge in [-0.1, -0.05) is 18.2 Å². The summed E-state index contributed by atoms with van der Waals surface area (Å²) in [6.45, 7) is 2.76. The lowest BCUT2D eigenvalue weighted by molar-refractivity contribution is -0.119. The molecular formula is C19H20N4O2S. The van der Waals surface area contributed by atoms with Crippen molar-refractivity contribution in [2.24, 2.45) is 0 Å². The summed E-state index contributed by atoms with van der Waals surface area (Å²) in [4.78, 5) is 36.7. The van der Waals surface area contributed by atoms with Crippen LogP contribution in [0.1, 0.15) is 18.3 Å². The quantitative estimate of drug-likeness (QED) is 0.768. The summed E-state index contributed by atoms with van der Waals surface area (Å²) in [5, 5.41) is 2.47. The van der Waals surface area contributed by atoms with Gasteiger partial charge in [0.15, 0.2) is 0 Å². The number of thiophene rings is 1. The number of hydrogen-bond donors (Lipinski definition) is 1. The molecule has 2 aromatic heterocycles. The number of H-pyrrole nitrogens is 1. The van der Waals surface area contributed by atoms with Gasteiger partial charge in [0, 0.05) is 11.7 Å². The zero-order chi connectivity index (χ0) is 18.3. The topological polar surface area (TPSA) is 69.3 Å². The van der Waals surface area contributed by atoms with Gasteiger partial charge in [0.05, 0.1) is 18.5 Å². The number of aromatic amines is 1. The lowest BCUT2D eigenvalue weighted by atomic mass is 10.1. The van der Waals surface area contributed by atoms with Crippen LogP contribution in [0.4, 0.5) is 5.69 Å². The molecule has 1 aliphatic rings. The molecule has 26 heavy (non-hydrogen) atoms. The van der Waals surface area contributed by atoms with E-state index in [0.29, 0.717) is 17.8 Å². The van der Waals surface area contributed by atoms with Gasteiger partial charge in [0.2, 0.25) is 5.91 Å². The molecule has 0 saturated carbocycles. The predicted octanol–water partition coefficient (Wildman–Crippen LogP) is 2.39. The van der Waals surface area contributed by atoms with Crippen LogP contribution in [0.25, 0.3) is 10.2 Å². The number of nitrogens with one attached hydrogen (secondary N) is 1. The number of rotatable bonds is 4. The van der Waals surface area contributed by atoms with Crippen LogP contribution >= 0.6 is 11.3 Å². The number of carbonyl (C=O) groups excluding carboxylic acids is 1. The minimum Gasteiger partial charge on any atom is -0.309 e. The highest BCUT2D eigenvalue weighted by atomic mass is 32.1. The van der Waals surface area contributed by atoms with E-state index in [9.17, 15) is 9.59 Å². The Bertz CT molecular complexity index is 1030. The van der Waals surface area contributed by atoms with E-state index in [1.165, 1.54) is 16.9 Å². The smallest absolute Gasteiger partial charge is 0.259 e. The molecule has 0 saturated heterocycles. The van der Waals surface area contributed by atoms with Crippen LogP contribution in [0.15, 0.2) is 40.5 Å². The SMILES string of the molecule is CC1Cc2ccccc2N1C(=O)CN(C)Cc1nc2sccc2c(=O)[nH]1. The van der Waals surface area contributed by atoms with E-state index in [4.69, 9.17) is 0 Å². The van der Waals surface area contributed by atoms with Crippen molar-refractivity contribution in [2.45, 2.75) is 25.9 Å². The van der Waals surface area contributed by atoms with Crippen molar-refractivity contribution in [3.8, 4) is 0 Å². The monoisotopic (exact) mass is 368 g/mol. The van der Waals surface area contributed by atoms with Crippen molar-refractivity contribution in [1.82, 2.24) is 14.9 Å². The summed E-state index contributed by atoms with van der Waals surface area (Å²) < 4.78 is 0. The number of para-hydroxylation sites is 1. The van der Waals surface area contributed by atoms with E-state index in [0.717, 1.165) is 16.9 Å². The predicted molar refractivity (Wildman–Crippen MR) is 104 cm³/mol. The minimum absolute atomic E-state index is 0.0597. The highest BCUT2D eigenvalue weighted by Gasteiger charge is 2.30. The van der Waals surface area contributed by atoms with E-state index >= 15 is 0 Å². The number of benzene rings is 1. The van der Waals surface area contributed by atoms with Crippen molar-refractivity contribution in [2.75, 3.05) is 18.5 Å². The lowest BCUT2D eigenvalue weighted by Gasteiger charge is -2.25. The summed E-state index contributed by atoms with van der Waals surface area (Å²) in [5.74, 6) is 0.639. The van der Waals surface area contributed by atoms with Gasteiger partial charge in [0.25, 0.3) is 5.56 Å². The average Bonchev–Trinajstić information content (AvgIpc) is 3.17. The molecule has 134 valence electrons. The summed E-state index contributed by atoms with van der Waals surface area (Å²) in [6, 6.07) is 9.98. The Balaban J connectivity index is 1.48. The van der Waals surface area contributed by atoms with Crippen molar-refractivity contribution in [1.29, 1.82) is 0 Å². The number of carbonyl (C=O) groups is 1.